The topological polar surface area (TPSA) is 68.8 Å². The molecule has 108 valence electrons. The summed E-state index contributed by atoms with van der Waals surface area (Å²) >= 11 is 0. The number of rotatable bonds is 6. The normalized spacial score (nSPS) is 16.1. The van der Waals surface area contributed by atoms with Crippen LogP contribution >= 0.6 is 0 Å². The molecule has 1 fully saturated rings. The van der Waals surface area contributed by atoms with Crippen molar-refractivity contribution < 1.29 is 9.22 Å². The van der Waals surface area contributed by atoms with Crippen molar-refractivity contribution in [2.24, 2.45) is 5.92 Å². The van der Waals surface area contributed by atoms with E-state index in [4.69, 9.17) is 15.3 Å². The first-order chi connectivity index (χ1) is 9.10. The minimum absolute atomic E-state index is 0.790. The van der Waals surface area contributed by atoms with Crippen LogP contribution in [0.3, 0.4) is 0 Å². The summed E-state index contributed by atoms with van der Waals surface area (Å²) in [6, 6.07) is 0. The molecule has 0 aromatic carbocycles. The fraction of sp³-hybridized carbons (Fsp3) is 0.857. The molecule has 0 aromatic rings. The number of nitrogens with one attached hydrogen (secondary N) is 1. The van der Waals surface area contributed by atoms with Gasteiger partial charge in [-0.3, -0.25) is 0 Å². The maximum Gasteiger partial charge on any atom is 0.190 e. The zero-order valence-electron chi connectivity index (χ0n) is 12.5. The van der Waals surface area contributed by atoms with Gasteiger partial charge in [0.25, 0.3) is 0 Å². The van der Waals surface area contributed by atoms with E-state index >= 15 is 0 Å². The Kier molecular flexibility index (Phi) is 9.88. The van der Waals surface area contributed by atoms with E-state index in [1.54, 1.807) is 5.32 Å². The summed E-state index contributed by atoms with van der Waals surface area (Å²) in [5, 5.41) is 16.7. The Hall–Kier alpha value is -1.30. The summed E-state index contributed by atoms with van der Waals surface area (Å²) < 4.78 is 6.96. The molecular weight excluding hydrogens is 240 g/mol. The molecule has 1 N–H and O–H groups in total. The zero-order chi connectivity index (χ0) is 14.6. The molecule has 19 heavy (non-hydrogen) atoms. The van der Waals surface area contributed by atoms with Gasteiger partial charge >= 0.3 is 0 Å². The summed E-state index contributed by atoms with van der Waals surface area (Å²) in [4.78, 5) is 0. The summed E-state index contributed by atoms with van der Waals surface area (Å²) in [7, 11) is 0. The van der Waals surface area contributed by atoms with E-state index in [0.717, 1.165) is 25.7 Å². The second-order valence-electron chi connectivity index (χ2n) is 5.46. The van der Waals surface area contributed by atoms with Crippen molar-refractivity contribution in [2.75, 3.05) is 33.0 Å². The monoisotopic (exact) mass is 267 g/mol. The van der Waals surface area contributed by atoms with Crippen LogP contribution in [0.1, 0.15) is 40.0 Å². The van der Waals surface area contributed by atoms with Crippen LogP contribution in [-0.2, 0) is 4.74 Å². The van der Waals surface area contributed by atoms with Gasteiger partial charge in [0, 0.05) is 18.8 Å². The number of ether oxygens (including phenoxy) is 1. The molecule has 0 spiro atoms. The van der Waals surface area contributed by atoms with Crippen LogP contribution < -0.4 is 5.32 Å². The molecule has 1 aliphatic rings. The highest BCUT2D eigenvalue weighted by molar-refractivity contribution is 4.77. The Labute approximate surface area is 117 Å². The molecule has 0 amide bonds. The minimum atomic E-state index is 0.790. The highest BCUT2D eigenvalue weighted by Gasteiger charge is 2.32. The molecule has 5 heteroatoms. The summed E-state index contributed by atoms with van der Waals surface area (Å²) in [5.74, 6) is 0.790. The molecule has 5 nitrogen and oxygen atoms in total. The van der Waals surface area contributed by atoms with E-state index < -0.39 is 0 Å². The molecule has 1 heterocycles. The van der Waals surface area contributed by atoms with Crippen LogP contribution in [0, 0.1) is 28.8 Å². The molecule has 0 unspecified atom stereocenters. The van der Waals surface area contributed by atoms with E-state index in [2.05, 4.69) is 20.8 Å². The van der Waals surface area contributed by atoms with E-state index in [-0.39, 0.29) is 0 Å². The van der Waals surface area contributed by atoms with Gasteiger partial charge in [-0.25, -0.2) is 5.32 Å². The largest absolute Gasteiger partial charge is 0.332 e. The van der Waals surface area contributed by atoms with Crippen molar-refractivity contribution in [3.63, 3.8) is 0 Å². The van der Waals surface area contributed by atoms with E-state index in [1.807, 2.05) is 0 Å². The Morgan fingerprint density at radius 3 is 2.16 bits per heavy atom. The summed E-state index contributed by atoms with van der Waals surface area (Å²) in [6.07, 6.45) is 6.74. The number of nitriles is 2. The van der Waals surface area contributed by atoms with Gasteiger partial charge in [0.15, 0.2) is 19.1 Å². The molecule has 0 saturated carbocycles. The second-order valence-corrected chi connectivity index (χ2v) is 5.46. The zero-order valence-corrected chi connectivity index (χ0v) is 12.5. The van der Waals surface area contributed by atoms with Crippen LogP contribution in [0.15, 0.2) is 0 Å². The summed E-state index contributed by atoms with van der Waals surface area (Å²) in [5.41, 5.74) is 0. The smallest absolute Gasteiger partial charge is 0.190 e. The predicted octanol–water partition coefficient (Wildman–Crippen LogP) is 2.18. The van der Waals surface area contributed by atoms with Gasteiger partial charge in [-0.05, 0) is 6.42 Å². The van der Waals surface area contributed by atoms with E-state index in [9.17, 15) is 0 Å². The molecule has 0 atom stereocenters. The van der Waals surface area contributed by atoms with Gasteiger partial charge in [0.1, 0.15) is 0 Å². The average molecular weight is 267 g/mol. The van der Waals surface area contributed by atoms with Gasteiger partial charge in [-0.15, -0.1) is 0 Å². The van der Waals surface area contributed by atoms with Crippen LogP contribution in [0.2, 0.25) is 0 Å². The van der Waals surface area contributed by atoms with Gasteiger partial charge in [0.05, 0.1) is 26.2 Å². The van der Waals surface area contributed by atoms with Gasteiger partial charge < -0.3 is 9.22 Å². The highest BCUT2D eigenvalue weighted by atomic mass is 16.5. The lowest BCUT2D eigenvalue weighted by Gasteiger charge is -2.35. The fourth-order valence-corrected chi connectivity index (χ4v) is 2.57. The van der Waals surface area contributed by atoms with Crippen molar-refractivity contribution in [1.29, 1.82) is 10.5 Å². The van der Waals surface area contributed by atoms with E-state index in [0.29, 0.717) is 0 Å². The summed E-state index contributed by atoms with van der Waals surface area (Å²) in [6.45, 7) is 12.7. The van der Waals surface area contributed by atoms with Crippen LogP contribution in [0.5, 0.6) is 0 Å². The van der Waals surface area contributed by atoms with Crippen molar-refractivity contribution in [3.8, 4) is 12.4 Å². The molecular formula is C14H27N4O+. The van der Waals surface area contributed by atoms with Crippen LogP contribution in [0.4, 0.5) is 0 Å². The lowest BCUT2D eigenvalue weighted by molar-refractivity contribution is -0.937. The SMILES string of the molecule is CCCOC[N+]1(CC(C)C)CCCC1.N#CNC#N. The first-order valence-electron chi connectivity index (χ1n) is 7.06. The van der Waals surface area contributed by atoms with Crippen molar-refractivity contribution in [1.82, 2.24) is 5.32 Å². The molecule has 0 radical (unpaired) electrons. The Morgan fingerprint density at radius 2 is 1.79 bits per heavy atom. The first kappa shape index (κ1) is 17.7. The number of nitrogens with zero attached hydrogens (tertiary/aromatic N) is 3. The molecule has 0 bridgehead atoms. The number of likely N-dealkylation sites (tertiary alicyclic amines) is 1. The Bertz CT molecular complexity index is 286. The van der Waals surface area contributed by atoms with Crippen LogP contribution in [0.25, 0.3) is 0 Å². The standard InChI is InChI=1S/C12H26NO.C2HN3/c1-4-9-14-11-13(10-12(2)3)7-5-6-8-13;3-1-5-2-4/h12H,4-11H2,1-3H3;5H/q+1;. The number of hydrogen-bond donors (Lipinski definition) is 1. The third kappa shape index (κ3) is 8.42. The minimum Gasteiger partial charge on any atom is -0.332 e. The molecule has 1 aliphatic heterocycles. The van der Waals surface area contributed by atoms with Gasteiger partial charge in [-0.2, -0.15) is 10.5 Å². The molecule has 0 aromatic heterocycles. The van der Waals surface area contributed by atoms with Gasteiger partial charge in [-0.1, -0.05) is 20.8 Å². The molecule has 0 aliphatic carbocycles. The van der Waals surface area contributed by atoms with Crippen molar-refractivity contribution in [3.05, 3.63) is 0 Å². The third-order valence-electron chi connectivity index (χ3n) is 3.09. The van der Waals surface area contributed by atoms with Crippen molar-refractivity contribution in [2.45, 2.75) is 40.0 Å². The third-order valence-corrected chi connectivity index (χ3v) is 3.09. The first-order valence-corrected chi connectivity index (χ1v) is 7.06. The van der Waals surface area contributed by atoms with E-state index in [1.165, 1.54) is 49.3 Å². The Morgan fingerprint density at radius 1 is 1.21 bits per heavy atom. The Balaban J connectivity index is 0.000000555. The second kappa shape index (κ2) is 10.6. The van der Waals surface area contributed by atoms with Gasteiger partial charge in [0.2, 0.25) is 0 Å². The lowest BCUT2D eigenvalue weighted by Crippen LogP contribution is -2.49. The maximum atomic E-state index is 7.48. The maximum absolute atomic E-state index is 7.48. The number of hydrogen-bond acceptors (Lipinski definition) is 4. The number of quaternary nitrogens is 1. The predicted molar refractivity (Wildman–Crippen MR) is 74.4 cm³/mol. The quantitative estimate of drug-likeness (QED) is 0.346. The molecule has 1 saturated heterocycles. The average Bonchev–Trinajstić information content (AvgIpc) is 2.79. The highest BCUT2D eigenvalue weighted by Crippen LogP contribution is 2.21. The fourth-order valence-electron chi connectivity index (χ4n) is 2.57. The van der Waals surface area contributed by atoms with Crippen molar-refractivity contribution >= 4 is 0 Å². The lowest BCUT2D eigenvalue weighted by atomic mass is 10.2. The van der Waals surface area contributed by atoms with Crippen LogP contribution in [-0.4, -0.2) is 37.5 Å². The molecule has 1 rings (SSSR count).